The molecule has 1 radical (unpaired) electrons. The third-order valence-electron chi connectivity index (χ3n) is 10.7. The molecule has 0 aliphatic carbocycles. The Morgan fingerprint density at radius 1 is 0.589 bits per heavy atom. The highest BCUT2D eigenvalue weighted by Crippen LogP contribution is 2.33. The summed E-state index contributed by atoms with van der Waals surface area (Å²) in [6, 6.07) is 29.8. The highest BCUT2D eigenvalue weighted by molar-refractivity contribution is 5.93. The van der Waals surface area contributed by atoms with Crippen LogP contribution >= 0.6 is 0 Å². The van der Waals surface area contributed by atoms with Gasteiger partial charge in [0.25, 0.3) is 0 Å². The Labute approximate surface area is 333 Å². The molecule has 0 saturated heterocycles. The van der Waals surface area contributed by atoms with E-state index in [4.69, 9.17) is 14.7 Å². The van der Waals surface area contributed by atoms with E-state index in [1.54, 1.807) is 0 Å². The van der Waals surface area contributed by atoms with Gasteiger partial charge in [0.05, 0.1) is 97.1 Å². The molecule has 0 spiro atoms. The van der Waals surface area contributed by atoms with Gasteiger partial charge in [-0.05, 0) is 90.9 Å². The van der Waals surface area contributed by atoms with Gasteiger partial charge in [0.2, 0.25) is 0 Å². The van der Waals surface area contributed by atoms with E-state index in [1.807, 2.05) is 0 Å². The van der Waals surface area contributed by atoms with Gasteiger partial charge in [-0.25, -0.2) is 9.97 Å². The van der Waals surface area contributed by atoms with Crippen molar-refractivity contribution in [2.45, 2.75) is 26.2 Å². The molecule has 0 fully saturated rings. The van der Waals surface area contributed by atoms with Gasteiger partial charge in [0, 0.05) is 39.6 Å². The van der Waals surface area contributed by atoms with Crippen LogP contribution in [0.1, 0.15) is 47.6 Å². The quantitative estimate of drug-likeness (QED) is 0.0624. The summed E-state index contributed by atoms with van der Waals surface area (Å²) in [7, 11) is 13.7. The molecule has 8 nitrogen and oxygen atoms in total. The molecule has 5 aromatic rings. The van der Waals surface area contributed by atoms with Gasteiger partial charge in [-0.15, -0.1) is 0 Å². The number of nitrogens with one attached hydrogen (secondary N) is 2. The predicted molar refractivity (Wildman–Crippen MR) is 236 cm³/mol. The van der Waals surface area contributed by atoms with Crippen molar-refractivity contribution in [2.24, 2.45) is 0 Å². The molecule has 2 N–H and O–H groups in total. The predicted octanol–water partition coefficient (Wildman–Crippen LogP) is 9.40. The Hall–Kier alpha value is -5.28. The molecule has 7 rings (SSSR count). The normalized spacial score (nSPS) is 12.9. The first-order valence-corrected chi connectivity index (χ1v) is 20.1. The first-order valence-electron chi connectivity index (χ1n) is 20.1. The van der Waals surface area contributed by atoms with Crippen LogP contribution in [0, 0.1) is 6.92 Å². The lowest BCUT2D eigenvalue weighted by Gasteiger charge is -2.29. The van der Waals surface area contributed by atoms with E-state index >= 15 is 0 Å². The van der Waals surface area contributed by atoms with Crippen molar-refractivity contribution in [3.05, 3.63) is 113 Å². The summed E-state index contributed by atoms with van der Waals surface area (Å²) in [4.78, 5) is 20.0. The first-order chi connectivity index (χ1) is 26.9. The summed E-state index contributed by atoms with van der Waals surface area (Å²) in [6.07, 6.45) is 11.8. The lowest BCUT2D eigenvalue weighted by molar-refractivity contribution is -0.890. The molecule has 5 heterocycles. The lowest BCUT2D eigenvalue weighted by atomic mass is 10.0. The number of H-pyrrole nitrogens is 2. The molecule has 8 bridgehead atoms. The van der Waals surface area contributed by atoms with E-state index < -0.39 is 0 Å². The number of quaternary nitrogens is 2. The monoisotopic (exact) mass is 749 g/mol. The van der Waals surface area contributed by atoms with Gasteiger partial charge in [-0.2, -0.15) is 4.90 Å². The van der Waals surface area contributed by atoms with Gasteiger partial charge in [0.15, 0.2) is 0 Å². The van der Waals surface area contributed by atoms with Crippen LogP contribution in [0.15, 0.2) is 84.9 Å². The zero-order valence-electron chi connectivity index (χ0n) is 34.4. The van der Waals surface area contributed by atoms with Gasteiger partial charge in [-0.3, -0.25) is 0 Å². The zero-order chi connectivity index (χ0) is 39.3. The molecular formula is C48H59N7O+3. The molecule has 0 saturated carbocycles. The molecule has 0 amide bonds. The van der Waals surface area contributed by atoms with Crippen molar-refractivity contribution < 1.29 is 13.7 Å². The second-order valence-electron chi connectivity index (χ2n) is 17.2. The van der Waals surface area contributed by atoms with Crippen LogP contribution in [0.2, 0.25) is 0 Å². The molecule has 56 heavy (non-hydrogen) atoms. The number of aryl methyl sites for hydroxylation is 1. The summed E-state index contributed by atoms with van der Waals surface area (Å²) in [5, 5.41) is 0. The molecule has 3 aromatic heterocycles. The second kappa shape index (κ2) is 16.8. The van der Waals surface area contributed by atoms with Crippen LogP contribution in [-0.4, -0.2) is 111 Å². The van der Waals surface area contributed by atoms with Crippen molar-refractivity contribution in [3.8, 4) is 28.0 Å². The number of hydrogen-bond acceptors (Lipinski definition) is 4. The molecule has 2 aliphatic heterocycles. The number of hydrogen-bond donors (Lipinski definition) is 2. The molecule has 0 unspecified atom stereocenters. The van der Waals surface area contributed by atoms with Crippen molar-refractivity contribution >= 4 is 46.4 Å². The van der Waals surface area contributed by atoms with E-state index in [9.17, 15) is 0 Å². The fraction of sp³-hybridized carbons (Fsp3) is 0.333. The third kappa shape index (κ3) is 10.1. The van der Waals surface area contributed by atoms with Gasteiger partial charge in [0.1, 0.15) is 25.9 Å². The molecule has 2 aliphatic rings. The Morgan fingerprint density at radius 3 is 1.62 bits per heavy atom. The number of aromatic nitrogens is 4. The van der Waals surface area contributed by atoms with Crippen molar-refractivity contribution in [2.75, 3.05) is 81.6 Å². The Morgan fingerprint density at radius 2 is 1.09 bits per heavy atom. The number of aromatic amines is 2. The number of benzene rings is 2. The van der Waals surface area contributed by atoms with E-state index in [-0.39, 0.29) is 0 Å². The summed E-state index contributed by atoms with van der Waals surface area (Å²) in [5.41, 5.74) is 13.2. The summed E-state index contributed by atoms with van der Waals surface area (Å²) in [6.45, 7) is 8.60. The SMILES string of the molecule is Cc1ccc(-c2c3nc(cc4ccc([nH]4)c(-c4ccc(OCCC[N+](C)(C)CCC[N+](C)CCC[N+](C)(C)C)cc4)c4nc(cc5ccc2[nH]5)C=C4)C=C3)cc1. The lowest BCUT2D eigenvalue weighted by Crippen LogP contribution is -2.43. The van der Waals surface area contributed by atoms with E-state index in [2.05, 4.69) is 173 Å². The van der Waals surface area contributed by atoms with Crippen molar-refractivity contribution in [3.63, 3.8) is 0 Å². The first kappa shape index (κ1) is 39.0. The van der Waals surface area contributed by atoms with Gasteiger partial charge < -0.3 is 23.7 Å². The Bertz CT molecular complexity index is 2360. The minimum atomic E-state index is 0.699. The Kier molecular flexibility index (Phi) is 11.7. The zero-order valence-corrected chi connectivity index (χ0v) is 34.4. The highest BCUT2D eigenvalue weighted by Gasteiger charge is 2.19. The molecule has 8 heteroatoms. The smallest absolute Gasteiger partial charge is 0.127 e. The molecule has 0 atom stereocenters. The van der Waals surface area contributed by atoms with Crippen molar-refractivity contribution in [1.29, 1.82) is 0 Å². The fourth-order valence-corrected chi connectivity index (χ4v) is 7.61. The second-order valence-corrected chi connectivity index (χ2v) is 17.2. The van der Waals surface area contributed by atoms with Crippen LogP contribution in [0.25, 0.3) is 68.6 Å². The Balaban J connectivity index is 1.07. The van der Waals surface area contributed by atoms with Crippen LogP contribution in [0.4, 0.5) is 0 Å². The van der Waals surface area contributed by atoms with Gasteiger partial charge >= 0.3 is 0 Å². The molecule has 289 valence electrons. The molecule has 2 aromatic carbocycles. The van der Waals surface area contributed by atoms with Crippen molar-refractivity contribution in [1.82, 2.24) is 24.8 Å². The standard InChI is InChI=1S/C48H59N7O/c1-35-11-13-36(14-12-35)47-43-23-17-38(49-43)33-40-19-25-45(51-40)48(46-26-20-41(52-46)34-39-18-24-44(47)50-39)37-15-21-42(22-16-37)56-32-10-31-55(6,7)30-9-28-53(2)27-8-29-54(3,4)5/h11-26,33-34,49,52H,8-10,27-32H2,1-7H3/q+3. The number of nitrogens with zero attached hydrogens (tertiary/aromatic N) is 5. The largest absolute Gasteiger partial charge is 0.493 e. The summed E-state index contributed by atoms with van der Waals surface area (Å²) >= 11 is 0. The number of ether oxygens (including phenoxy) is 1. The summed E-state index contributed by atoms with van der Waals surface area (Å²) in [5.74, 6) is 0.885. The average molecular weight is 750 g/mol. The van der Waals surface area contributed by atoms with E-state index in [1.165, 1.54) is 38.0 Å². The topological polar surface area (TPSA) is 72.5 Å². The average Bonchev–Trinajstić information content (AvgIpc) is 3.98. The van der Waals surface area contributed by atoms with Crippen LogP contribution in [-0.2, 0) is 0 Å². The maximum Gasteiger partial charge on any atom is 0.127 e. The minimum Gasteiger partial charge on any atom is -0.493 e. The van der Waals surface area contributed by atoms with Gasteiger partial charge in [-0.1, -0.05) is 42.0 Å². The maximum absolute atomic E-state index is 6.27. The maximum atomic E-state index is 6.27. The van der Waals surface area contributed by atoms with Crippen LogP contribution in [0.5, 0.6) is 5.75 Å². The minimum absolute atomic E-state index is 0.699. The highest BCUT2D eigenvalue weighted by atomic mass is 16.5. The van der Waals surface area contributed by atoms with E-state index in [0.29, 0.717) is 6.61 Å². The molecular weight excluding hydrogens is 691 g/mol. The number of fused-ring (bicyclic) bond motifs is 8. The van der Waals surface area contributed by atoms with E-state index in [0.717, 1.165) is 101 Å². The van der Waals surface area contributed by atoms with Crippen LogP contribution < -0.4 is 9.64 Å². The summed E-state index contributed by atoms with van der Waals surface area (Å²) < 4.78 is 8.31. The van der Waals surface area contributed by atoms with Crippen LogP contribution in [0.3, 0.4) is 0 Å². The fourth-order valence-electron chi connectivity index (χ4n) is 7.61. The number of rotatable bonds is 15. The third-order valence-corrected chi connectivity index (χ3v) is 10.7.